The van der Waals surface area contributed by atoms with Gasteiger partial charge in [0.1, 0.15) is 0 Å². The molecule has 178 valence electrons. The lowest BCUT2D eigenvalue weighted by atomic mass is 9.53. The monoisotopic (exact) mass is 474 g/mol. The van der Waals surface area contributed by atoms with Crippen molar-refractivity contribution < 1.29 is 19.2 Å². The van der Waals surface area contributed by atoms with Crippen molar-refractivity contribution in [1.82, 2.24) is 0 Å². The van der Waals surface area contributed by atoms with Gasteiger partial charge in [0.15, 0.2) is 23.1 Å². The molecule has 8 rings (SSSR count). The molecule has 2 spiro atoms. The van der Waals surface area contributed by atoms with E-state index in [1.165, 1.54) is 24.3 Å². The first-order valence-corrected chi connectivity index (χ1v) is 12.6. The van der Waals surface area contributed by atoms with Crippen LogP contribution in [0.2, 0.25) is 0 Å². The Morgan fingerprint density at radius 2 is 1.22 bits per heavy atom. The molecule has 0 aromatic heterocycles. The van der Waals surface area contributed by atoms with Crippen molar-refractivity contribution in [2.45, 2.75) is 39.5 Å². The molecular formula is C32H26O4. The van der Waals surface area contributed by atoms with Gasteiger partial charge in [-0.2, -0.15) is 0 Å². The highest BCUT2D eigenvalue weighted by molar-refractivity contribution is 6.30. The number of aryl methyl sites for hydroxylation is 4. The third-order valence-corrected chi connectivity index (χ3v) is 9.76. The minimum Gasteiger partial charge on any atom is -0.294 e. The first-order valence-electron chi connectivity index (χ1n) is 12.6. The molecule has 2 saturated carbocycles. The Balaban J connectivity index is 1.64. The van der Waals surface area contributed by atoms with Crippen LogP contribution in [0.3, 0.4) is 0 Å². The van der Waals surface area contributed by atoms with E-state index < -0.39 is 10.8 Å². The van der Waals surface area contributed by atoms with Gasteiger partial charge in [0.05, 0.1) is 10.8 Å². The van der Waals surface area contributed by atoms with Crippen LogP contribution in [0.25, 0.3) is 0 Å². The molecule has 0 unspecified atom stereocenters. The van der Waals surface area contributed by atoms with E-state index in [1.54, 1.807) is 0 Å². The van der Waals surface area contributed by atoms with Crippen LogP contribution in [0.5, 0.6) is 0 Å². The molecule has 0 saturated heterocycles. The lowest BCUT2D eigenvalue weighted by Crippen LogP contribution is -2.49. The van der Waals surface area contributed by atoms with Gasteiger partial charge in [0, 0.05) is 23.0 Å². The molecule has 0 amide bonds. The second kappa shape index (κ2) is 6.56. The first-order chi connectivity index (χ1) is 17.2. The zero-order valence-electron chi connectivity index (χ0n) is 20.7. The van der Waals surface area contributed by atoms with Gasteiger partial charge in [-0.1, -0.05) is 47.5 Å². The molecule has 0 aliphatic heterocycles. The summed E-state index contributed by atoms with van der Waals surface area (Å²) in [6.45, 7) is 8.14. The van der Waals surface area contributed by atoms with Gasteiger partial charge in [-0.05, 0) is 86.1 Å². The van der Waals surface area contributed by atoms with Crippen LogP contribution in [-0.4, -0.2) is 23.1 Å². The van der Waals surface area contributed by atoms with E-state index in [0.29, 0.717) is 11.1 Å². The number of allylic oxidation sites excluding steroid dienone is 6. The van der Waals surface area contributed by atoms with Crippen molar-refractivity contribution in [3.8, 4) is 0 Å². The maximum absolute atomic E-state index is 14.1. The lowest BCUT2D eigenvalue weighted by Gasteiger charge is -2.47. The fraction of sp³-hybridized carbons (Fsp3) is 0.312. The van der Waals surface area contributed by atoms with Crippen LogP contribution in [0.4, 0.5) is 0 Å². The Morgan fingerprint density at radius 3 is 1.92 bits per heavy atom. The molecule has 2 aromatic carbocycles. The predicted octanol–water partition coefficient (Wildman–Crippen LogP) is 4.75. The first kappa shape index (κ1) is 21.6. The topological polar surface area (TPSA) is 68.3 Å². The van der Waals surface area contributed by atoms with E-state index in [2.05, 4.69) is 37.3 Å². The molecule has 2 fully saturated rings. The zero-order valence-corrected chi connectivity index (χ0v) is 20.7. The summed E-state index contributed by atoms with van der Waals surface area (Å²) in [6, 6.07) is 12.5. The minimum absolute atomic E-state index is 0.0860. The number of hydrogen-bond acceptors (Lipinski definition) is 4. The highest BCUT2D eigenvalue weighted by atomic mass is 16.2. The molecule has 0 heterocycles. The average molecular weight is 475 g/mol. The molecule has 4 bridgehead atoms. The Kier molecular flexibility index (Phi) is 3.93. The number of hydrogen-bond donors (Lipinski definition) is 0. The van der Waals surface area contributed by atoms with Crippen LogP contribution in [-0.2, 0) is 19.2 Å². The summed E-state index contributed by atoms with van der Waals surface area (Å²) >= 11 is 0. The molecule has 6 aliphatic rings. The second-order valence-electron chi connectivity index (χ2n) is 11.3. The Labute approximate surface area is 209 Å². The van der Waals surface area contributed by atoms with Gasteiger partial charge in [0.2, 0.25) is 0 Å². The van der Waals surface area contributed by atoms with Crippen molar-refractivity contribution in [1.29, 1.82) is 0 Å². The van der Waals surface area contributed by atoms with Crippen molar-refractivity contribution in [3.63, 3.8) is 0 Å². The van der Waals surface area contributed by atoms with Crippen LogP contribution in [0, 0.1) is 50.4 Å². The summed E-state index contributed by atoms with van der Waals surface area (Å²) in [4.78, 5) is 55.0. The Morgan fingerprint density at radius 1 is 0.639 bits per heavy atom. The van der Waals surface area contributed by atoms with Crippen LogP contribution >= 0.6 is 0 Å². The highest BCUT2D eigenvalue weighted by Crippen LogP contribution is 2.93. The van der Waals surface area contributed by atoms with Gasteiger partial charge in [-0.3, -0.25) is 19.2 Å². The molecule has 2 aromatic rings. The molecular weight excluding hydrogens is 448 g/mol. The number of rotatable bonds is 2. The molecule has 4 heteroatoms. The van der Waals surface area contributed by atoms with Crippen LogP contribution < -0.4 is 0 Å². The molecule has 36 heavy (non-hydrogen) atoms. The van der Waals surface area contributed by atoms with Crippen molar-refractivity contribution in [2.75, 3.05) is 0 Å². The number of ketones is 4. The standard InChI is InChI=1S/C32H26O4/c1-15-5-7-17(3)19(13-15)25-27-26-21(33)9-10-22(34)29(26)32-24(36)12-11-23(35)31(32,30(25)32)28(27)20-14-16(2)6-8-18(20)4/h5-14,25,27-28,30H,1-4H3/t25-,27+,28+,30+,31+,32-/m0/s1. The summed E-state index contributed by atoms with van der Waals surface area (Å²) in [6.07, 6.45) is 5.43. The molecule has 6 aliphatic carbocycles. The predicted molar refractivity (Wildman–Crippen MR) is 134 cm³/mol. The Hall–Kier alpha value is -3.66. The largest absolute Gasteiger partial charge is 0.294 e. The smallest absolute Gasteiger partial charge is 0.183 e. The quantitative estimate of drug-likeness (QED) is 0.590. The fourth-order valence-electron chi connectivity index (χ4n) is 8.67. The summed E-state index contributed by atoms with van der Waals surface area (Å²) in [5.74, 6) is -2.05. The summed E-state index contributed by atoms with van der Waals surface area (Å²) in [7, 11) is 0. The third-order valence-electron chi connectivity index (χ3n) is 9.76. The number of carbonyl (C=O) groups excluding carboxylic acids is 4. The summed E-state index contributed by atoms with van der Waals surface area (Å²) in [5.41, 5.74) is 4.80. The van der Waals surface area contributed by atoms with Gasteiger partial charge in [-0.15, -0.1) is 0 Å². The maximum Gasteiger partial charge on any atom is 0.183 e. The third kappa shape index (κ3) is 2.11. The zero-order chi connectivity index (χ0) is 25.3. The minimum atomic E-state index is -1.28. The number of benzene rings is 2. The van der Waals surface area contributed by atoms with E-state index in [0.717, 1.165) is 33.4 Å². The lowest BCUT2D eigenvalue weighted by molar-refractivity contribution is -0.131. The normalized spacial score (nSPS) is 35.3. The number of carbonyl (C=O) groups is 4. The van der Waals surface area contributed by atoms with Crippen LogP contribution in [0.15, 0.2) is 71.8 Å². The summed E-state index contributed by atoms with van der Waals surface area (Å²) < 4.78 is 0. The highest BCUT2D eigenvalue weighted by Gasteiger charge is 2.95. The van der Waals surface area contributed by atoms with E-state index >= 15 is 0 Å². The summed E-state index contributed by atoms with van der Waals surface area (Å²) in [5, 5.41) is 0. The van der Waals surface area contributed by atoms with Crippen molar-refractivity contribution in [2.24, 2.45) is 22.7 Å². The van der Waals surface area contributed by atoms with E-state index in [-0.39, 0.29) is 46.8 Å². The SMILES string of the molecule is Cc1ccc(C)c([C@H]2[C@@H]3C4=C(C(=O)C=CC4=O)[C@]45C(=O)C=CC(=O)[C@@]4([C@@H]3c3cc(C)ccc3C)[C@@H]25)c1. The Bertz CT molecular complexity index is 1580. The maximum atomic E-state index is 14.1. The van der Waals surface area contributed by atoms with Gasteiger partial charge in [-0.25, -0.2) is 0 Å². The fourth-order valence-corrected chi connectivity index (χ4v) is 8.67. The van der Waals surface area contributed by atoms with Gasteiger partial charge in [0.25, 0.3) is 0 Å². The second-order valence-corrected chi connectivity index (χ2v) is 11.3. The van der Waals surface area contributed by atoms with E-state index in [9.17, 15) is 19.2 Å². The molecule has 6 atom stereocenters. The van der Waals surface area contributed by atoms with E-state index in [4.69, 9.17) is 0 Å². The van der Waals surface area contributed by atoms with E-state index in [1.807, 2.05) is 26.8 Å². The molecule has 0 N–H and O–H groups in total. The van der Waals surface area contributed by atoms with Gasteiger partial charge >= 0.3 is 0 Å². The molecule has 4 nitrogen and oxygen atoms in total. The van der Waals surface area contributed by atoms with Crippen molar-refractivity contribution in [3.05, 3.63) is 105 Å². The van der Waals surface area contributed by atoms with Crippen molar-refractivity contribution >= 4 is 23.1 Å². The average Bonchev–Trinajstić information content (AvgIpc) is 3.41. The molecule has 0 radical (unpaired) electrons. The van der Waals surface area contributed by atoms with Crippen LogP contribution in [0.1, 0.15) is 45.2 Å². The van der Waals surface area contributed by atoms with Gasteiger partial charge < -0.3 is 0 Å².